The molecule has 0 saturated carbocycles. The Bertz CT molecular complexity index is 263. The van der Waals surface area contributed by atoms with Gasteiger partial charge in [-0.25, -0.2) is 0 Å². The lowest BCUT2D eigenvalue weighted by molar-refractivity contribution is 0.603. The smallest absolute Gasteiger partial charge is 0.0637 e. The van der Waals surface area contributed by atoms with E-state index in [0.29, 0.717) is 5.02 Å². The lowest BCUT2D eigenvalue weighted by Gasteiger charge is -2.12. The summed E-state index contributed by atoms with van der Waals surface area (Å²) in [4.78, 5) is 3.92. The Morgan fingerprint density at radius 1 is 1.62 bits per heavy atom. The average molecular weight is 199 g/mol. The Morgan fingerprint density at radius 2 is 2.38 bits per heavy atom. The van der Waals surface area contributed by atoms with Gasteiger partial charge in [0, 0.05) is 18.4 Å². The highest BCUT2D eigenvalue weighted by Crippen LogP contribution is 2.23. The van der Waals surface area contributed by atoms with E-state index in [4.69, 9.17) is 17.3 Å². The van der Waals surface area contributed by atoms with Crippen LogP contribution in [0.25, 0.3) is 0 Å². The molecule has 1 atom stereocenters. The number of rotatable bonds is 4. The Kier molecular flexibility index (Phi) is 4.19. The third-order valence-corrected chi connectivity index (χ3v) is 2.39. The summed E-state index contributed by atoms with van der Waals surface area (Å²) < 4.78 is 0. The van der Waals surface area contributed by atoms with Crippen molar-refractivity contribution in [2.45, 2.75) is 32.2 Å². The number of pyridine rings is 1. The second kappa shape index (κ2) is 5.20. The van der Waals surface area contributed by atoms with Gasteiger partial charge < -0.3 is 5.73 Å². The van der Waals surface area contributed by atoms with Gasteiger partial charge >= 0.3 is 0 Å². The maximum atomic E-state index is 5.97. The van der Waals surface area contributed by atoms with E-state index < -0.39 is 0 Å². The normalized spacial score (nSPS) is 12.8. The molecule has 0 amide bonds. The summed E-state index contributed by atoms with van der Waals surface area (Å²) in [7, 11) is 0. The zero-order chi connectivity index (χ0) is 9.68. The third kappa shape index (κ3) is 2.98. The van der Waals surface area contributed by atoms with Crippen LogP contribution in [0.1, 0.15) is 37.8 Å². The highest BCUT2D eigenvalue weighted by molar-refractivity contribution is 6.31. The molecule has 2 N–H and O–H groups in total. The Balaban J connectivity index is 2.65. The second-order valence-corrected chi connectivity index (χ2v) is 3.55. The fourth-order valence-electron chi connectivity index (χ4n) is 1.27. The summed E-state index contributed by atoms with van der Waals surface area (Å²) in [6.07, 6.45) is 6.66. The molecule has 13 heavy (non-hydrogen) atoms. The van der Waals surface area contributed by atoms with Crippen molar-refractivity contribution in [3.05, 3.63) is 29.0 Å². The molecule has 0 radical (unpaired) electrons. The first-order valence-electron chi connectivity index (χ1n) is 4.60. The Hall–Kier alpha value is -0.600. The number of unbranched alkanes of at least 4 members (excludes halogenated alkanes) is 1. The molecule has 0 aliphatic heterocycles. The Morgan fingerprint density at radius 3 is 3.00 bits per heavy atom. The van der Waals surface area contributed by atoms with E-state index in [9.17, 15) is 0 Å². The van der Waals surface area contributed by atoms with E-state index in [-0.39, 0.29) is 6.04 Å². The van der Waals surface area contributed by atoms with Crippen molar-refractivity contribution in [2.75, 3.05) is 0 Å². The van der Waals surface area contributed by atoms with Crippen LogP contribution in [0.3, 0.4) is 0 Å². The predicted octanol–water partition coefficient (Wildman–Crippen LogP) is 2.93. The molecule has 1 rings (SSSR count). The van der Waals surface area contributed by atoms with Crippen LogP contribution in [0, 0.1) is 0 Å². The first-order valence-corrected chi connectivity index (χ1v) is 4.98. The monoisotopic (exact) mass is 198 g/mol. The standard InChI is InChI=1S/C10H15ClN2/c1-2-3-4-10(12)8-5-6-13-7-9(8)11/h5-7,10H,2-4,12H2,1H3. The molecule has 0 saturated heterocycles. The minimum Gasteiger partial charge on any atom is -0.324 e. The van der Waals surface area contributed by atoms with Crippen molar-refractivity contribution < 1.29 is 0 Å². The molecule has 1 aromatic heterocycles. The van der Waals surface area contributed by atoms with Crippen LogP contribution in [-0.4, -0.2) is 4.98 Å². The van der Waals surface area contributed by atoms with Gasteiger partial charge in [-0.05, 0) is 18.1 Å². The lowest BCUT2D eigenvalue weighted by Crippen LogP contribution is -2.10. The molecule has 1 heterocycles. The van der Waals surface area contributed by atoms with Crippen molar-refractivity contribution in [2.24, 2.45) is 5.73 Å². The summed E-state index contributed by atoms with van der Waals surface area (Å²) in [5, 5.41) is 0.672. The number of hydrogen-bond acceptors (Lipinski definition) is 2. The van der Waals surface area contributed by atoms with E-state index in [1.54, 1.807) is 12.4 Å². The molecule has 0 spiro atoms. The molecule has 1 unspecified atom stereocenters. The molecule has 72 valence electrons. The highest BCUT2D eigenvalue weighted by atomic mass is 35.5. The minimum atomic E-state index is 0.0513. The molecule has 0 aromatic carbocycles. The summed E-state index contributed by atoms with van der Waals surface area (Å²) in [5.74, 6) is 0. The fourth-order valence-corrected chi connectivity index (χ4v) is 1.53. The molecule has 1 aromatic rings. The number of halogens is 1. The number of nitrogens with zero attached hydrogens (tertiary/aromatic N) is 1. The van der Waals surface area contributed by atoms with Gasteiger partial charge in [-0.1, -0.05) is 31.4 Å². The van der Waals surface area contributed by atoms with Gasteiger partial charge in [-0.15, -0.1) is 0 Å². The predicted molar refractivity (Wildman–Crippen MR) is 55.7 cm³/mol. The minimum absolute atomic E-state index is 0.0513. The van der Waals surface area contributed by atoms with Crippen molar-refractivity contribution >= 4 is 11.6 Å². The summed E-state index contributed by atoms with van der Waals surface area (Å²) in [5.41, 5.74) is 6.97. The zero-order valence-corrected chi connectivity index (χ0v) is 8.59. The van der Waals surface area contributed by atoms with E-state index in [1.807, 2.05) is 6.07 Å². The quantitative estimate of drug-likeness (QED) is 0.808. The van der Waals surface area contributed by atoms with Crippen LogP contribution in [0.5, 0.6) is 0 Å². The largest absolute Gasteiger partial charge is 0.324 e. The van der Waals surface area contributed by atoms with E-state index >= 15 is 0 Å². The van der Waals surface area contributed by atoms with Gasteiger partial charge in [-0.2, -0.15) is 0 Å². The topological polar surface area (TPSA) is 38.9 Å². The molecule has 3 heteroatoms. The van der Waals surface area contributed by atoms with Crippen LogP contribution in [-0.2, 0) is 0 Å². The van der Waals surface area contributed by atoms with Gasteiger partial charge in [0.25, 0.3) is 0 Å². The molecule has 2 nitrogen and oxygen atoms in total. The average Bonchev–Trinajstić information content (AvgIpc) is 2.15. The summed E-state index contributed by atoms with van der Waals surface area (Å²) >= 11 is 5.96. The molecule has 0 aliphatic carbocycles. The first kappa shape index (κ1) is 10.5. The molecular weight excluding hydrogens is 184 g/mol. The van der Waals surface area contributed by atoms with Gasteiger partial charge in [0.05, 0.1) is 5.02 Å². The molecular formula is C10H15ClN2. The SMILES string of the molecule is CCCCC(N)c1ccncc1Cl. The van der Waals surface area contributed by atoms with Crippen molar-refractivity contribution in [3.8, 4) is 0 Å². The van der Waals surface area contributed by atoms with Gasteiger partial charge in [0.1, 0.15) is 0 Å². The molecule has 0 aliphatic rings. The van der Waals surface area contributed by atoms with Crippen LogP contribution in [0.4, 0.5) is 0 Å². The number of aromatic nitrogens is 1. The van der Waals surface area contributed by atoms with E-state index in [0.717, 1.165) is 24.8 Å². The highest BCUT2D eigenvalue weighted by Gasteiger charge is 2.08. The second-order valence-electron chi connectivity index (χ2n) is 3.15. The zero-order valence-electron chi connectivity index (χ0n) is 7.83. The van der Waals surface area contributed by atoms with E-state index in [1.165, 1.54) is 0 Å². The van der Waals surface area contributed by atoms with Crippen molar-refractivity contribution in [1.82, 2.24) is 4.98 Å². The van der Waals surface area contributed by atoms with Crippen LogP contribution < -0.4 is 5.73 Å². The number of nitrogens with two attached hydrogens (primary N) is 1. The van der Waals surface area contributed by atoms with Crippen LogP contribution in [0.15, 0.2) is 18.5 Å². The van der Waals surface area contributed by atoms with Gasteiger partial charge in [-0.3, -0.25) is 4.98 Å². The van der Waals surface area contributed by atoms with Crippen LogP contribution >= 0.6 is 11.6 Å². The number of hydrogen-bond donors (Lipinski definition) is 1. The van der Waals surface area contributed by atoms with Crippen molar-refractivity contribution in [1.29, 1.82) is 0 Å². The van der Waals surface area contributed by atoms with Gasteiger partial charge in [0.2, 0.25) is 0 Å². The maximum absolute atomic E-state index is 5.97. The summed E-state index contributed by atoms with van der Waals surface area (Å²) in [6.45, 7) is 2.15. The maximum Gasteiger partial charge on any atom is 0.0637 e. The van der Waals surface area contributed by atoms with Crippen LogP contribution in [0.2, 0.25) is 5.02 Å². The van der Waals surface area contributed by atoms with E-state index in [2.05, 4.69) is 11.9 Å². The summed E-state index contributed by atoms with van der Waals surface area (Å²) in [6, 6.07) is 1.94. The molecule has 0 bridgehead atoms. The fraction of sp³-hybridized carbons (Fsp3) is 0.500. The first-order chi connectivity index (χ1) is 6.25. The van der Waals surface area contributed by atoms with Gasteiger partial charge in [0.15, 0.2) is 0 Å². The lowest BCUT2D eigenvalue weighted by atomic mass is 10.0. The molecule has 0 fully saturated rings. The van der Waals surface area contributed by atoms with Crippen molar-refractivity contribution in [3.63, 3.8) is 0 Å². The third-order valence-electron chi connectivity index (χ3n) is 2.07. The Labute approximate surface area is 84.1 Å².